The predicted molar refractivity (Wildman–Crippen MR) is 76.3 cm³/mol. The van der Waals surface area contributed by atoms with Gasteiger partial charge in [-0.15, -0.1) is 0 Å². The molecule has 4 heteroatoms. The normalized spacial score (nSPS) is 24.4. The third kappa shape index (κ3) is 3.19. The van der Waals surface area contributed by atoms with Gasteiger partial charge in [-0.25, -0.2) is 0 Å². The Morgan fingerprint density at radius 3 is 2.95 bits per heavy atom. The number of phenols is 1. The lowest BCUT2D eigenvalue weighted by Crippen LogP contribution is -2.42. The van der Waals surface area contributed by atoms with Crippen molar-refractivity contribution in [1.82, 2.24) is 4.90 Å². The highest BCUT2D eigenvalue weighted by Gasteiger charge is 2.25. The highest BCUT2D eigenvalue weighted by molar-refractivity contribution is 5.45. The lowest BCUT2D eigenvalue weighted by Gasteiger charge is -2.36. The molecule has 1 aromatic rings. The minimum atomic E-state index is 0.257. The summed E-state index contributed by atoms with van der Waals surface area (Å²) in [7, 11) is 1.58. The number of hydrogen-bond donors (Lipinski definition) is 2. The van der Waals surface area contributed by atoms with Crippen LogP contribution in [0.5, 0.6) is 11.5 Å². The van der Waals surface area contributed by atoms with Gasteiger partial charge >= 0.3 is 0 Å². The van der Waals surface area contributed by atoms with Gasteiger partial charge in [0.15, 0.2) is 11.5 Å². The first kappa shape index (κ1) is 14.2. The number of ether oxygens (including phenoxy) is 1. The van der Waals surface area contributed by atoms with Gasteiger partial charge in [-0.05, 0) is 37.4 Å². The van der Waals surface area contributed by atoms with Crippen molar-refractivity contribution in [2.75, 3.05) is 26.7 Å². The molecule has 4 nitrogen and oxygen atoms in total. The fraction of sp³-hybridized carbons (Fsp3) is 0.600. The van der Waals surface area contributed by atoms with Crippen molar-refractivity contribution in [2.24, 2.45) is 17.6 Å². The van der Waals surface area contributed by atoms with Crippen LogP contribution in [0.4, 0.5) is 0 Å². The van der Waals surface area contributed by atoms with E-state index in [1.807, 2.05) is 12.1 Å². The summed E-state index contributed by atoms with van der Waals surface area (Å²) in [4.78, 5) is 2.37. The molecule has 0 spiro atoms. The molecule has 1 heterocycles. The van der Waals surface area contributed by atoms with Crippen molar-refractivity contribution in [3.05, 3.63) is 23.8 Å². The second-order valence-corrected chi connectivity index (χ2v) is 5.46. The standard InChI is InChI=1S/C15H24N2O2/c1-11-6-7-17(10-13(11)8-16)9-12-4-3-5-14(19-2)15(12)18/h3-5,11,13,18H,6-10,16H2,1-2H3. The molecule has 106 valence electrons. The zero-order chi connectivity index (χ0) is 13.8. The zero-order valence-corrected chi connectivity index (χ0v) is 11.8. The first-order valence-corrected chi connectivity index (χ1v) is 6.93. The van der Waals surface area contributed by atoms with Gasteiger partial charge in [0.25, 0.3) is 0 Å². The summed E-state index contributed by atoms with van der Waals surface area (Å²) < 4.78 is 5.15. The molecule has 1 aliphatic rings. The van der Waals surface area contributed by atoms with Crippen LogP contribution in [0.1, 0.15) is 18.9 Å². The van der Waals surface area contributed by atoms with Gasteiger partial charge < -0.3 is 15.6 Å². The molecule has 1 aliphatic heterocycles. The van der Waals surface area contributed by atoms with Crippen molar-refractivity contribution in [1.29, 1.82) is 0 Å². The summed E-state index contributed by atoms with van der Waals surface area (Å²) in [5.41, 5.74) is 6.75. The van der Waals surface area contributed by atoms with Crippen molar-refractivity contribution >= 4 is 0 Å². The molecule has 3 N–H and O–H groups in total. The molecule has 0 amide bonds. The molecule has 0 saturated carbocycles. The number of aromatic hydroxyl groups is 1. The van der Waals surface area contributed by atoms with Gasteiger partial charge in [-0.1, -0.05) is 19.1 Å². The Bertz CT molecular complexity index is 423. The lowest BCUT2D eigenvalue weighted by molar-refractivity contribution is 0.125. The summed E-state index contributed by atoms with van der Waals surface area (Å²) in [6.07, 6.45) is 1.17. The number of para-hydroxylation sites is 1. The Morgan fingerprint density at radius 2 is 2.26 bits per heavy atom. The number of likely N-dealkylation sites (tertiary alicyclic amines) is 1. The number of nitrogens with zero attached hydrogens (tertiary/aromatic N) is 1. The average molecular weight is 264 g/mol. The number of methoxy groups -OCH3 is 1. The maximum Gasteiger partial charge on any atom is 0.162 e. The third-order valence-corrected chi connectivity index (χ3v) is 4.20. The monoisotopic (exact) mass is 264 g/mol. The predicted octanol–water partition coefficient (Wildman–Crippen LogP) is 1.82. The van der Waals surface area contributed by atoms with Gasteiger partial charge in [-0.2, -0.15) is 0 Å². The Balaban J connectivity index is 2.05. The van der Waals surface area contributed by atoms with Crippen molar-refractivity contribution in [3.8, 4) is 11.5 Å². The maximum atomic E-state index is 10.1. The van der Waals surface area contributed by atoms with E-state index in [-0.39, 0.29) is 5.75 Å². The Hall–Kier alpha value is -1.26. The second kappa shape index (κ2) is 6.26. The molecule has 1 aromatic carbocycles. The molecule has 0 bridgehead atoms. The van der Waals surface area contributed by atoms with Crippen LogP contribution in [-0.4, -0.2) is 36.8 Å². The summed E-state index contributed by atoms with van der Waals surface area (Å²) in [5.74, 6) is 2.05. The van der Waals surface area contributed by atoms with E-state index in [1.54, 1.807) is 13.2 Å². The van der Waals surface area contributed by atoms with Gasteiger partial charge in [0.1, 0.15) is 0 Å². The Morgan fingerprint density at radius 1 is 1.47 bits per heavy atom. The molecule has 1 fully saturated rings. The number of nitrogens with two attached hydrogens (primary N) is 1. The van der Waals surface area contributed by atoms with Crippen LogP contribution in [0.15, 0.2) is 18.2 Å². The van der Waals surface area contributed by atoms with E-state index in [1.165, 1.54) is 6.42 Å². The van der Waals surface area contributed by atoms with E-state index in [9.17, 15) is 5.11 Å². The van der Waals surface area contributed by atoms with E-state index in [0.29, 0.717) is 17.6 Å². The van der Waals surface area contributed by atoms with Crippen LogP contribution in [0.2, 0.25) is 0 Å². The minimum absolute atomic E-state index is 0.257. The van der Waals surface area contributed by atoms with Gasteiger partial charge in [-0.3, -0.25) is 4.90 Å². The van der Waals surface area contributed by atoms with Crippen LogP contribution >= 0.6 is 0 Å². The van der Waals surface area contributed by atoms with Crippen LogP contribution in [0, 0.1) is 11.8 Å². The zero-order valence-electron chi connectivity index (χ0n) is 11.8. The molecule has 2 atom stereocenters. The summed E-state index contributed by atoms with van der Waals surface area (Å²) >= 11 is 0. The fourth-order valence-electron chi connectivity index (χ4n) is 2.78. The molecular formula is C15H24N2O2. The van der Waals surface area contributed by atoms with Crippen LogP contribution in [-0.2, 0) is 6.54 Å². The van der Waals surface area contributed by atoms with E-state index >= 15 is 0 Å². The molecule has 2 unspecified atom stereocenters. The van der Waals surface area contributed by atoms with E-state index in [2.05, 4.69) is 11.8 Å². The van der Waals surface area contributed by atoms with Gasteiger partial charge in [0.05, 0.1) is 7.11 Å². The van der Waals surface area contributed by atoms with Crippen LogP contribution in [0.3, 0.4) is 0 Å². The average Bonchev–Trinajstić information content (AvgIpc) is 2.43. The highest BCUT2D eigenvalue weighted by atomic mass is 16.5. The molecule has 1 saturated heterocycles. The number of phenolic OH excluding ortho intramolecular Hbond substituents is 1. The van der Waals surface area contributed by atoms with Gasteiger partial charge in [0.2, 0.25) is 0 Å². The second-order valence-electron chi connectivity index (χ2n) is 5.46. The highest BCUT2D eigenvalue weighted by Crippen LogP contribution is 2.31. The van der Waals surface area contributed by atoms with Crippen LogP contribution in [0.25, 0.3) is 0 Å². The summed E-state index contributed by atoms with van der Waals surface area (Å²) in [6, 6.07) is 5.65. The Labute approximate surface area is 115 Å². The maximum absolute atomic E-state index is 10.1. The summed E-state index contributed by atoms with van der Waals surface area (Å²) in [6.45, 7) is 5.84. The quantitative estimate of drug-likeness (QED) is 0.871. The number of piperidine rings is 1. The molecule has 0 radical (unpaired) electrons. The van der Waals surface area contributed by atoms with E-state index < -0.39 is 0 Å². The fourth-order valence-corrected chi connectivity index (χ4v) is 2.78. The first-order valence-electron chi connectivity index (χ1n) is 6.93. The molecule has 0 aliphatic carbocycles. The number of hydrogen-bond acceptors (Lipinski definition) is 4. The molecule has 19 heavy (non-hydrogen) atoms. The smallest absolute Gasteiger partial charge is 0.162 e. The SMILES string of the molecule is COc1cccc(CN2CCC(C)C(CN)C2)c1O. The summed E-state index contributed by atoms with van der Waals surface area (Å²) in [5, 5.41) is 10.1. The lowest BCUT2D eigenvalue weighted by atomic mass is 9.87. The van der Waals surface area contributed by atoms with Crippen molar-refractivity contribution < 1.29 is 9.84 Å². The first-order chi connectivity index (χ1) is 9.15. The number of benzene rings is 1. The van der Waals surface area contributed by atoms with Crippen molar-refractivity contribution in [2.45, 2.75) is 19.9 Å². The molecular weight excluding hydrogens is 240 g/mol. The van der Waals surface area contributed by atoms with E-state index in [4.69, 9.17) is 10.5 Å². The molecule has 2 rings (SSSR count). The third-order valence-electron chi connectivity index (χ3n) is 4.20. The van der Waals surface area contributed by atoms with Crippen LogP contribution < -0.4 is 10.5 Å². The topological polar surface area (TPSA) is 58.7 Å². The largest absolute Gasteiger partial charge is 0.504 e. The van der Waals surface area contributed by atoms with Crippen molar-refractivity contribution in [3.63, 3.8) is 0 Å². The Kier molecular flexibility index (Phi) is 4.66. The van der Waals surface area contributed by atoms with Gasteiger partial charge in [0, 0.05) is 18.7 Å². The van der Waals surface area contributed by atoms with E-state index in [0.717, 1.165) is 31.7 Å². The number of rotatable bonds is 4. The molecule has 0 aromatic heterocycles. The minimum Gasteiger partial charge on any atom is -0.504 e.